The minimum absolute atomic E-state index is 0.0689. The smallest absolute Gasteiger partial charge is 0.222 e. The lowest BCUT2D eigenvalue weighted by atomic mass is 10.0. The predicted octanol–water partition coefficient (Wildman–Crippen LogP) is 1.87. The van der Waals surface area contributed by atoms with Crippen LogP contribution in [0.4, 0.5) is 0 Å². The molecule has 0 bridgehead atoms. The number of nitrogens with one attached hydrogen (secondary N) is 1. The predicted molar refractivity (Wildman–Crippen MR) is 76.8 cm³/mol. The van der Waals surface area contributed by atoms with Gasteiger partial charge in [0.25, 0.3) is 0 Å². The van der Waals surface area contributed by atoms with E-state index in [4.69, 9.17) is 0 Å². The minimum atomic E-state index is -0.555. The molecule has 1 aromatic rings. The second-order valence-corrected chi connectivity index (χ2v) is 5.63. The van der Waals surface area contributed by atoms with Crippen molar-refractivity contribution in [3.05, 3.63) is 24.0 Å². The first-order valence-electron chi connectivity index (χ1n) is 6.97. The molecule has 19 heavy (non-hydrogen) atoms. The van der Waals surface area contributed by atoms with E-state index >= 15 is 0 Å². The highest BCUT2D eigenvalue weighted by Gasteiger charge is 2.15. The molecule has 0 saturated heterocycles. The van der Waals surface area contributed by atoms with Crippen LogP contribution in [0.15, 0.2) is 18.3 Å². The fourth-order valence-corrected chi connectivity index (χ4v) is 1.95. The first-order valence-corrected chi connectivity index (χ1v) is 6.97. The zero-order valence-electron chi connectivity index (χ0n) is 12.4. The summed E-state index contributed by atoms with van der Waals surface area (Å²) in [5.41, 5.74) is 1.27. The quantitative estimate of drug-likeness (QED) is 0.791. The van der Waals surface area contributed by atoms with Gasteiger partial charge in [0.1, 0.15) is 0 Å². The van der Waals surface area contributed by atoms with Crippen molar-refractivity contribution in [1.29, 1.82) is 0 Å². The summed E-state index contributed by atoms with van der Waals surface area (Å²) >= 11 is 0. The van der Waals surface area contributed by atoms with Crippen LogP contribution in [-0.2, 0) is 18.3 Å². The molecule has 1 aromatic heterocycles. The van der Waals surface area contributed by atoms with Gasteiger partial charge in [-0.25, -0.2) is 0 Å². The lowest BCUT2D eigenvalue weighted by molar-refractivity contribution is -0.124. The van der Waals surface area contributed by atoms with Gasteiger partial charge in [0, 0.05) is 25.0 Å². The second kappa shape index (κ2) is 7.34. The van der Waals surface area contributed by atoms with Gasteiger partial charge in [-0.05, 0) is 37.8 Å². The Morgan fingerprint density at radius 2 is 2.11 bits per heavy atom. The molecule has 0 radical (unpaired) electrons. The minimum Gasteiger partial charge on any atom is -0.392 e. The summed E-state index contributed by atoms with van der Waals surface area (Å²) in [5, 5.41) is 12.6. The van der Waals surface area contributed by atoms with E-state index in [0.29, 0.717) is 0 Å². The third-order valence-corrected chi connectivity index (χ3v) is 3.46. The fourth-order valence-electron chi connectivity index (χ4n) is 1.95. The summed E-state index contributed by atoms with van der Waals surface area (Å²) in [6.45, 7) is 5.83. The van der Waals surface area contributed by atoms with Crippen LogP contribution in [0.1, 0.15) is 39.3 Å². The zero-order chi connectivity index (χ0) is 14.4. The highest BCUT2D eigenvalue weighted by molar-refractivity contribution is 5.76. The first kappa shape index (κ1) is 15.8. The molecule has 0 aliphatic carbocycles. The van der Waals surface area contributed by atoms with Crippen LogP contribution in [0.5, 0.6) is 0 Å². The maximum absolute atomic E-state index is 11.7. The number of rotatable bonds is 7. The fraction of sp³-hybridized carbons (Fsp3) is 0.667. The van der Waals surface area contributed by atoms with Crippen molar-refractivity contribution in [3.63, 3.8) is 0 Å². The van der Waals surface area contributed by atoms with Crippen molar-refractivity contribution < 1.29 is 9.90 Å². The molecular weight excluding hydrogens is 240 g/mol. The third-order valence-electron chi connectivity index (χ3n) is 3.46. The Balaban J connectivity index is 2.29. The molecule has 0 fully saturated rings. The number of carbonyl (C=O) groups excluding carboxylic acids is 1. The van der Waals surface area contributed by atoms with Crippen molar-refractivity contribution >= 4 is 5.91 Å². The molecule has 0 aliphatic rings. The highest BCUT2D eigenvalue weighted by Crippen LogP contribution is 2.08. The van der Waals surface area contributed by atoms with Crippen LogP contribution in [0, 0.1) is 5.92 Å². The summed E-state index contributed by atoms with van der Waals surface area (Å²) in [5.74, 6) is 0.0463. The van der Waals surface area contributed by atoms with Gasteiger partial charge < -0.3 is 15.0 Å². The summed E-state index contributed by atoms with van der Waals surface area (Å²) in [6.07, 6.45) is 3.50. The molecule has 108 valence electrons. The molecule has 0 saturated carbocycles. The van der Waals surface area contributed by atoms with Crippen LogP contribution in [0.3, 0.4) is 0 Å². The summed E-state index contributed by atoms with van der Waals surface area (Å²) < 4.78 is 2.09. The van der Waals surface area contributed by atoms with E-state index in [-0.39, 0.29) is 24.3 Å². The van der Waals surface area contributed by atoms with E-state index in [9.17, 15) is 9.90 Å². The molecule has 1 amide bonds. The van der Waals surface area contributed by atoms with Gasteiger partial charge in [-0.3, -0.25) is 4.79 Å². The number of aryl methyl sites for hydroxylation is 2. The Morgan fingerprint density at radius 3 is 2.63 bits per heavy atom. The molecule has 4 nitrogen and oxygen atoms in total. The molecule has 4 heteroatoms. The number of nitrogens with zero attached hydrogens (tertiary/aromatic N) is 1. The second-order valence-electron chi connectivity index (χ2n) is 5.63. The van der Waals surface area contributed by atoms with Crippen LogP contribution in [0.25, 0.3) is 0 Å². The van der Waals surface area contributed by atoms with Crippen LogP contribution < -0.4 is 5.32 Å². The molecule has 2 atom stereocenters. The number of carbonyl (C=O) groups is 1. The lowest BCUT2D eigenvalue weighted by Gasteiger charge is -2.17. The Kier molecular flexibility index (Phi) is 6.09. The monoisotopic (exact) mass is 266 g/mol. The first-order chi connectivity index (χ1) is 8.90. The van der Waals surface area contributed by atoms with Gasteiger partial charge >= 0.3 is 0 Å². The molecule has 1 heterocycles. The number of hydrogen-bond acceptors (Lipinski definition) is 2. The SMILES string of the molecule is CC(CCc1cccn1C)NC(=O)CC(O)C(C)C. The van der Waals surface area contributed by atoms with E-state index in [1.54, 1.807) is 0 Å². The van der Waals surface area contributed by atoms with Crippen molar-refractivity contribution in [3.8, 4) is 0 Å². The molecule has 2 N–H and O–H groups in total. The normalized spacial score (nSPS) is 14.4. The molecule has 1 rings (SSSR count). The Morgan fingerprint density at radius 1 is 1.42 bits per heavy atom. The highest BCUT2D eigenvalue weighted by atomic mass is 16.3. The van der Waals surface area contributed by atoms with Crippen molar-refractivity contribution in [2.45, 2.75) is 52.2 Å². The van der Waals surface area contributed by atoms with Crippen molar-refractivity contribution in [1.82, 2.24) is 9.88 Å². The molecule has 0 spiro atoms. The standard InChI is InChI=1S/C15H26N2O2/c1-11(2)14(18)10-15(19)16-12(3)7-8-13-6-5-9-17(13)4/h5-6,9,11-12,14,18H,7-8,10H2,1-4H3,(H,16,19). The van der Waals surface area contributed by atoms with Crippen molar-refractivity contribution in [2.75, 3.05) is 0 Å². The molecule has 2 unspecified atom stereocenters. The van der Waals surface area contributed by atoms with Crippen LogP contribution in [0.2, 0.25) is 0 Å². The van der Waals surface area contributed by atoms with Gasteiger partial charge in [0.15, 0.2) is 0 Å². The molecule has 0 aliphatic heterocycles. The average Bonchev–Trinajstić information content (AvgIpc) is 2.71. The van der Waals surface area contributed by atoms with Crippen molar-refractivity contribution in [2.24, 2.45) is 13.0 Å². The summed E-state index contributed by atoms with van der Waals surface area (Å²) in [4.78, 5) is 11.7. The summed E-state index contributed by atoms with van der Waals surface area (Å²) in [6, 6.07) is 4.25. The van der Waals surface area contributed by atoms with Crippen LogP contribution >= 0.6 is 0 Å². The number of hydrogen-bond donors (Lipinski definition) is 2. The summed E-state index contributed by atoms with van der Waals surface area (Å²) in [7, 11) is 2.03. The van der Waals surface area contributed by atoms with Gasteiger partial charge in [-0.1, -0.05) is 13.8 Å². The maximum Gasteiger partial charge on any atom is 0.222 e. The third kappa shape index (κ3) is 5.47. The number of aliphatic hydroxyl groups excluding tert-OH is 1. The average molecular weight is 266 g/mol. The van der Waals surface area contributed by atoms with Gasteiger partial charge in [-0.15, -0.1) is 0 Å². The Hall–Kier alpha value is -1.29. The van der Waals surface area contributed by atoms with E-state index in [0.717, 1.165) is 12.8 Å². The Labute approximate surface area is 115 Å². The number of aromatic nitrogens is 1. The largest absolute Gasteiger partial charge is 0.392 e. The van der Waals surface area contributed by atoms with Gasteiger partial charge in [0.05, 0.1) is 12.5 Å². The maximum atomic E-state index is 11.7. The lowest BCUT2D eigenvalue weighted by Crippen LogP contribution is -2.36. The topological polar surface area (TPSA) is 54.3 Å². The molecular formula is C15H26N2O2. The van der Waals surface area contributed by atoms with E-state index < -0.39 is 6.10 Å². The zero-order valence-corrected chi connectivity index (χ0v) is 12.4. The molecule has 0 aromatic carbocycles. The van der Waals surface area contributed by atoms with E-state index in [1.165, 1.54) is 5.69 Å². The van der Waals surface area contributed by atoms with Crippen LogP contribution in [-0.4, -0.2) is 27.7 Å². The van der Waals surface area contributed by atoms with Gasteiger partial charge in [-0.2, -0.15) is 0 Å². The Bertz CT molecular complexity index is 399. The van der Waals surface area contributed by atoms with E-state index in [2.05, 4.69) is 16.0 Å². The van der Waals surface area contributed by atoms with E-state index in [1.807, 2.05) is 40.1 Å². The van der Waals surface area contributed by atoms with Gasteiger partial charge in [0.2, 0.25) is 5.91 Å². The number of aliphatic hydroxyl groups is 1. The number of amides is 1.